The number of urea groups is 1. The normalized spacial score (nSPS) is 19.6. The lowest BCUT2D eigenvalue weighted by atomic mass is 9.87. The van der Waals surface area contributed by atoms with E-state index in [1.54, 1.807) is 0 Å². The van der Waals surface area contributed by atoms with Gasteiger partial charge < -0.3 is 26.4 Å². The Labute approximate surface area is 146 Å². The highest BCUT2D eigenvalue weighted by Crippen LogP contribution is 2.35. The number of benzene rings is 1. The van der Waals surface area contributed by atoms with Gasteiger partial charge in [-0.2, -0.15) is 0 Å². The molecule has 132 valence electrons. The molecule has 1 heterocycles. The molecular formula is C18H22N4O3. The second kappa shape index (κ2) is 6.88. The van der Waals surface area contributed by atoms with E-state index in [2.05, 4.69) is 22.5 Å². The maximum absolute atomic E-state index is 12.6. The highest BCUT2D eigenvalue weighted by Gasteiger charge is 2.28. The molecule has 0 unspecified atom stereocenters. The Hall–Kier alpha value is -2.96. The number of amides is 3. The van der Waals surface area contributed by atoms with Crippen molar-refractivity contribution in [3.05, 3.63) is 53.0 Å². The maximum Gasteiger partial charge on any atom is 0.323 e. The van der Waals surface area contributed by atoms with Crippen molar-refractivity contribution in [2.45, 2.75) is 32.2 Å². The lowest BCUT2D eigenvalue weighted by Gasteiger charge is -2.29. The first-order valence-electron chi connectivity index (χ1n) is 8.33. The van der Waals surface area contributed by atoms with Crippen molar-refractivity contribution in [2.75, 3.05) is 6.61 Å². The van der Waals surface area contributed by atoms with E-state index >= 15 is 0 Å². The third-order valence-corrected chi connectivity index (χ3v) is 4.39. The van der Waals surface area contributed by atoms with Crippen molar-refractivity contribution in [3.8, 4) is 5.75 Å². The van der Waals surface area contributed by atoms with Crippen molar-refractivity contribution in [1.29, 1.82) is 0 Å². The highest BCUT2D eigenvalue weighted by molar-refractivity contribution is 6.00. The van der Waals surface area contributed by atoms with E-state index in [4.69, 9.17) is 10.5 Å². The Morgan fingerprint density at radius 1 is 1.44 bits per heavy atom. The van der Waals surface area contributed by atoms with E-state index in [0.717, 1.165) is 36.1 Å². The van der Waals surface area contributed by atoms with Gasteiger partial charge in [0.2, 0.25) is 0 Å². The van der Waals surface area contributed by atoms with Crippen LogP contribution in [0.25, 0.3) is 0 Å². The van der Waals surface area contributed by atoms with Crippen molar-refractivity contribution in [2.24, 2.45) is 5.73 Å². The molecule has 1 aliphatic heterocycles. The molecule has 7 nitrogen and oxygen atoms in total. The number of carbonyl (C=O) groups is 2. The minimum atomic E-state index is -0.521. The average Bonchev–Trinajstić information content (AvgIpc) is 2.59. The number of rotatable bonds is 4. The van der Waals surface area contributed by atoms with E-state index < -0.39 is 11.9 Å². The summed E-state index contributed by atoms with van der Waals surface area (Å²) in [6, 6.07) is 5.20. The second-order valence-electron chi connectivity index (χ2n) is 6.02. The average molecular weight is 342 g/mol. The first-order chi connectivity index (χ1) is 12.0. The van der Waals surface area contributed by atoms with Crippen LogP contribution >= 0.6 is 0 Å². The summed E-state index contributed by atoms with van der Waals surface area (Å²) in [7, 11) is 0. The number of hydrogen-bond acceptors (Lipinski definition) is 4. The van der Waals surface area contributed by atoms with Gasteiger partial charge in [-0.15, -0.1) is 0 Å². The van der Waals surface area contributed by atoms with Gasteiger partial charge in [-0.25, -0.2) is 4.79 Å². The molecule has 0 saturated heterocycles. The Kier molecular flexibility index (Phi) is 4.65. The van der Waals surface area contributed by atoms with Crippen LogP contribution in [-0.2, 0) is 11.2 Å². The van der Waals surface area contributed by atoms with Crippen LogP contribution in [-0.4, -0.2) is 18.5 Å². The first-order valence-corrected chi connectivity index (χ1v) is 8.33. The van der Waals surface area contributed by atoms with Crippen LogP contribution in [0.5, 0.6) is 5.75 Å². The Morgan fingerprint density at radius 2 is 2.24 bits per heavy atom. The summed E-state index contributed by atoms with van der Waals surface area (Å²) < 4.78 is 5.70. The monoisotopic (exact) mass is 342 g/mol. The fourth-order valence-corrected chi connectivity index (χ4v) is 3.23. The van der Waals surface area contributed by atoms with Gasteiger partial charge in [0.05, 0.1) is 24.0 Å². The van der Waals surface area contributed by atoms with E-state index in [1.807, 2.05) is 25.1 Å². The van der Waals surface area contributed by atoms with Gasteiger partial charge in [0, 0.05) is 0 Å². The maximum atomic E-state index is 12.6. The Bertz CT molecular complexity index is 770. The van der Waals surface area contributed by atoms with Gasteiger partial charge >= 0.3 is 6.03 Å². The molecule has 0 fully saturated rings. The molecule has 0 bridgehead atoms. The minimum Gasteiger partial charge on any atom is -0.494 e. The van der Waals surface area contributed by atoms with Gasteiger partial charge in [0.25, 0.3) is 5.91 Å². The molecule has 5 N–H and O–H groups in total. The lowest BCUT2D eigenvalue weighted by Crippen LogP contribution is -2.47. The molecular weight excluding hydrogens is 320 g/mol. The van der Waals surface area contributed by atoms with Crippen LogP contribution in [0.2, 0.25) is 0 Å². The summed E-state index contributed by atoms with van der Waals surface area (Å²) in [5, 5.41) is 7.85. The molecule has 1 aliphatic carbocycles. The van der Waals surface area contributed by atoms with Crippen LogP contribution in [0.4, 0.5) is 4.79 Å². The van der Waals surface area contributed by atoms with Gasteiger partial charge in [-0.1, -0.05) is 18.7 Å². The Morgan fingerprint density at radius 3 is 3.00 bits per heavy atom. The van der Waals surface area contributed by atoms with Gasteiger partial charge in [-0.05, 0) is 43.4 Å². The third kappa shape index (κ3) is 3.31. The topological polar surface area (TPSA) is 105 Å². The molecule has 1 aromatic rings. The largest absolute Gasteiger partial charge is 0.494 e. The molecule has 0 saturated carbocycles. The Balaban J connectivity index is 1.84. The smallest absolute Gasteiger partial charge is 0.323 e. The number of ether oxygens (including phenoxy) is 1. The van der Waals surface area contributed by atoms with Crippen molar-refractivity contribution in [1.82, 2.24) is 16.0 Å². The standard InChI is InChI=1S/C18H22N4O3/c1-3-25-14-9-5-6-11-12(14)7-4-8-13(11)21-17(23)16-15(19)10(2)20-18(24)22-16/h5-6,9,13H,2-4,7-8,19H2,1H3,(H,21,23)(H2,20,22,24)/t13-/m0/s1. The molecule has 1 aromatic carbocycles. The summed E-state index contributed by atoms with van der Waals surface area (Å²) in [4.78, 5) is 24.2. The van der Waals surface area contributed by atoms with Crippen LogP contribution in [0.3, 0.4) is 0 Å². The van der Waals surface area contributed by atoms with Crippen molar-refractivity contribution < 1.29 is 14.3 Å². The van der Waals surface area contributed by atoms with Crippen molar-refractivity contribution in [3.63, 3.8) is 0 Å². The van der Waals surface area contributed by atoms with Crippen molar-refractivity contribution >= 4 is 11.9 Å². The predicted molar refractivity (Wildman–Crippen MR) is 93.5 cm³/mol. The molecule has 0 aromatic heterocycles. The summed E-state index contributed by atoms with van der Waals surface area (Å²) in [5.41, 5.74) is 8.43. The number of carbonyl (C=O) groups excluding carboxylic acids is 2. The molecule has 0 spiro atoms. The van der Waals surface area contributed by atoms with Gasteiger partial charge in [-0.3, -0.25) is 4.79 Å². The molecule has 1 atom stereocenters. The fraction of sp³-hybridized carbons (Fsp3) is 0.333. The molecule has 3 amide bonds. The molecule has 0 radical (unpaired) electrons. The fourth-order valence-electron chi connectivity index (χ4n) is 3.23. The summed E-state index contributed by atoms with van der Waals surface area (Å²) in [6.07, 6.45) is 2.67. The quantitative estimate of drug-likeness (QED) is 0.666. The van der Waals surface area contributed by atoms with Gasteiger partial charge in [0.1, 0.15) is 11.4 Å². The highest BCUT2D eigenvalue weighted by atomic mass is 16.5. The SMILES string of the molecule is C=C1NC(=O)NC(C(=O)N[C@H]2CCCc3c(OCC)cccc32)=C1N. The van der Waals surface area contributed by atoms with Crippen LogP contribution in [0.15, 0.2) is 41.9 Å². The molecule has 3 rings (SSSR count). The zero-order chi connectivity index (χ0) is 18.0. The summed E-state index contributed by atoms with van der Waals surface area (Å²) in [5.74, 6) is 0.439. The lowest BCUT2D eigenvalue weighted by molar-refractivity contribution is -0.118. The van der Waals surface area contributed by atoms with E-state index in [0.29, 0.717) is 6.61 Å². The number of hydrogen-bond donors (Lipinski definition) is 4. The summed E-state index contributed by atoms with van der Waals surface area (Å²) >= 11 is 0. The third-order valence-electron chi connectivity index (χ3n) is 4.39. The van der Waals surface area contributed by atoms with Crippen LogP contribution in [0, 0.1) is 0 Å². The van der Waals surface area contributed by atoms with E-state index in [1.165, 1.54) is 0 Å². The van der Waals surface area contributed by atoms with Gasteiger partial charge in [0.15, 0.2) is 0 Å². The van der Waals surface area contributed by atoms with Crippen LogP contribution < -0.4 is 26.4 Å². The predicted octanol–water partition coefficient (Wildman–Crippen LogP) is 1.58. The number of nitrogens with one attached hydrogen (secondary N) is 3. The zero-order valence-corrected chi connectivity index (χ0v) is 14.1. The summed E-state index contributed by atoms with van der Waals surface area (Å²) in [6.45, 7) is 6.18. The molecule has 25 heavy (non-hydrogen) atoms. The minimum absolute atomic E-state index is 0.0295. The zero-order valence-electron chi connectivity index (χ0n) is 14.1. The van der Waals surface area contributed by atoms with E-state index in [9.17, 15) is 9.59 Å². The first kappa shape index (κ1) is 16.9. The second-order valence-corrected chi connectivity index (χ2v) is 6.02. The molecule has 2 aliphatic rings. The molecule has 7 heteroatoms. The number of nitrogens with two attached hydrogens (primary N) is 1. The van der Waals surface area contributed by atoms with Crippen LogP contribution in [0.1, 0.15) is 36.9 Å². The van der Waals surface area contributed by atoms with E-state index in [-0.39, 0.29) is 23.1 Å². The number of fused-ring (bicyclic) bond motifs is 1.